The average Bonchev–Trinajstić information content (AvgIpc) is 2.51. The van der Waals surface area contributed by atoms with Crippen LogP contribution in [0.25, 0.3) is 0 Å². The molecule has 0 saturated carbocycles. The molecule has 5 heteroatoms. The molecule has 1 aliphatic heterocycles. The highest BCUT2D eigenvalue weighted by molar-refractivity contribution is 6.08. The zero-order valence-electron chi connectivity index (χ0n) is 11.2. The second-order valence-electron chi connectivity index (χ2n) is 5.61. The predicted octanol–water partition coefficient (Wildman–Crippen LogP) is 1.15. The molecule has 102 valence electrons. The van der Waals surface area contributed by atoms with Gasteiger partial charge in [-0.3, -0.25) is 4.79 Å². The summed E-state index contributed by atoms with van der Waals surface area (Å²) in [5.74, 6) is -1.54. The molecule has 0 fully saturated rings. The van der Waals surface area contributed by atoms with Crippen molar-refractivity contribution in [2.24, 2.45) is 0 Å². The van der Waals surface area contributed by atoms with Crippen LogP contribution in [0.2, 0.25) is 0 Å². The van der Waals surface area contributed by atoms with E-state index in [0.717, 1.165) is 5.56 Å². The van der Waals surface area contributed by atoms with Crippen molar-refractivity contribution >= 4 is 17.6 Å². The van der Waals surface area contributed by atoms with Gasteiger partial charge in [-0.15, -0.1) is 0 Å². The summed E-state index contributed by atoms with van der Waals surface area (Å²) < 4.78 is 0. The number of carboxylic acid groups (broad SMARTS) is 1. The molecule has 1 amide bonds. The van der Waals surface area contributed by atoms with E-state index in [1.54, 1.807) is 26.0 Å². The second kappa shape index (κ2) is 4.06. The van der Waals surface area contributed by atoms with Crippen LogP contribution in [0.3, 0.4) is 0 Å². The molecule has 0 spiro atoms. The summed E-state index contributed by atoms with van der Waals surface area (Å²) >= 11 is 0. The van der Waals surface area contributed by atoms with Crippen LogP contribution in [-0.2, 0) is 15.0 Å². The van der Waals surface area contributed by atoms with Gasteiger partial charge in [0.1, 0.15) is 0 Å². The van der Waals surface area contributed by atoms with Crippen LogP contribution in [0.4, 0.5) is 5.69 Å². The summed E-state index contributed by atoms with van der Waals surface area (Å²) in [6.07, 6.45) is 0. The Bertz CT molecular complexity index is 548. The third kappa shape index (κ3) is 2.00. The summed E-state index contributed by atoms with van der Waals surface area (Å²) in [6.45, 7) is 4.52. The van der Waals surface area contributed by atoms with Gasteiger partial charge in [0.05, 0.1) is 12.0 Å². The van der Waals surface area contributed by atoms with Crippen molar-refractivity contribution in [3.63, 3.8) is 0 Å². The molecule has 1 aromatic rings. The number of hydrogen-bond acceptors (Lipinski definition) is 3. The molecular formula is C14H17NO4. The van der Waals surface area contributed by atoms with E-state index in [4.69, 9.17) is 5.11 Å². The van der Waals surface area contributed by atoms with Crippen LogP contribution in [0, 0.1) is 0 Å². The van der Waals surface area contributed by atoms with Gasteiger partial charge in [0, 0.05) is 5.69 Å². The molecule has 2 N–H and O–H groups in total. The first-order valence-corrected chi connectivity index (χ1v) is 6.05. The lowest BCUT2D eigenvalue weighted by molar-refractivity contribution is -0.155. The Balaban J connectivity index is 2.44. The van der Waals surface area contributed by atoms with Gasteiger partial charge in [0.2, 0.25) is 5.91 Å². The molecule has 5 nitrogen and oxygen atoms in total. The highest BCUT2D eigenvalue weighted by Crippen LogP contribution is 2.41. The lowest BCUT2D eigenvalue weighted by Gasteiger charge is -2.27. The number of carboxylic acids is 1. The van der Waals surface area contributed by atoms with Crippen LogP contribution >= 0.6 is 0 Å². The molecule has 19 heavy (non-hydrogen) atoms. The fourth-order valence-electron chi connectivity index (χ4n) is 2.33. The number of nitrogens with zero attached hydrogens (tertiary/aromatic N) is 1. The summed E-state index contributed by atoms with van der Waals surface area (Å²) in [5, 5.41) is 18.9. The molecule has 1 aliphatic rings. The van der Waals surface area contributed by atoms with Gasteiger partial charge in [0.15, 0.2) is 5.60 Å². The van der Waals surface area contributed by atoms with E-state index in [1.807, 2.05) is 12.1 Å². The van der Waals surface area contributed by atoms with E-state index < -0.39 is 17.0 Å². The highest BCUT2D eigenvalue weighted by atomic mass is 16.4. The molecule has 1 heterocycles. The number of anilines is 1. The van der Waals surface area contributed by atoms with E-state index in [2.05, 4.69) is 0 Å². The van der Waals surface area contributed by atoms with E-state index in [9.17, 15) is 14.7 Å². The molecule has 0 bridgehead atoms. The van der Waals surface area contributed by atoms with Crippen molar-refractivity contribution < 1.29 is 19.8 Å². The maximum absolute atomic E-state index is 12.4. The van der Waals surface area contributed by atoms with Crippen molar-refractivity contribution in [3.8, 4) is 0 Å². The first-order chi connectivity index (χ1) is 8.68. The van der Waals surface area contributed by atoms with E-state index in [1.165, 1.54) is 11.8 Å². The quantitative estimate of drug-likeness (QED) is 0.857. The molecular weight excluding hydrogens is 246 g/mol. The Morgan fingerprint density at radius 1 is 1.37 bits per heavy atom. The lowest BCUT2D eigenvalue weighted by atomic mass is 9.86. The summed E-state index contributed by atoms with van der Waals surface area (Å²) in [4.78, 5) is 24.8. The maximum Gasteiger partial charge on any atom is 0.337 e. The van der Waals surface area contributed by atoms with Gasteiger partial charge in [-0.1, -0.05) is 18.2 Å². The van der Waals surface area contributed by atoms with Crippen LogP contribution in [-0.4, -0.2) is 34.2 Å². The monoisotopic (exact) mass is 263 g/mol. The molecule has 1 atom stereocenters. The zero-order chi connectivity index (χ0) is 14.4. The van der Waals surface area contributed by atoms with Crippen LogP contribution in [0.5, 0.6) is 0 Å². The number of amides is 1. The predicted molar refractivity (Wildman–Crippen MR) is 70.1 cm³/mol. The number of carbonyl (C=O) groups excluding carboxylic acids is 1. The van der Waals surface area contributed by atoms with E-state index >= 15 is 0 Å². The third-order valence-corrected chi connectivity index (χ3v) is 3.57. The van der Waals surface area contributed by atoms with Gasteiger partial charge in [-0.2, -0.15) is 0 Å². The van der Waals surface area contributed by atoms with Crippen molar-refractivity contribution in [2.45, 2.75) is 31.8 Å². The van der Waals surface area contributed by atoms with Gasteiger partial charge in [-0.05, 0) is 32.4 Å². The largest absolute Gasteiger partial charge is 0.479 e. The second-order valence-corrected chi connectivity index (χ2v) is 5.61. The van der Waals surface area contributed by atoms with Gasteiger partial charge >= 0.3 is 5.97 Å². The molecule has 2 rings (SSSR count). The van der Waals surface area contributed by atoms with E-state index in [0.29, 0.717) is 5.69 Å². The van der Waals surface area contributed by atoms with Gasteiger partial charge in [0.25, 0.3) is 0 Å². The number of aliphatic carboxylic acids is 1. The Kier molecular flexibility index (Phi) is 2.90. The molecule has 0 unspecified atom stereocenters. The number of rotatable bonds is 3. The minimum Gasteiger partial charge on any atom is -0.479 e. The van der Waals surface area contributed by atoms with Crippen molar-refractivity contribution in [1.29, 1.82) is 0 Å². The van der Waals surface area contributed by atoms with Gasteiger partial charge in [-0.25, -0.2) is 4.79 Å². The fraction of sp³-hybridized carbons (Fsp3) is 0.429. The fourth-order valence-corrected chi connectivity index (χ4v) is 2.33. The molecule has 1 aromatic carbocycles. The van der Waals surface area contributed by atoms with Crippen molar-refractivity contribution in [2.75, 3.05) is 11.4 Å². The first kappa shape index (κ1) is 13.5. The first-order valence-electron chi connectivity index (χ1n) is 6.05. The van der Waals surface area contributed by atoms with Crippen LogP contribution in [0.1, 0.15) is 26.3 Å². The lowest BCUT2D eigenvalue weighted by Crippen LogP contribution is -2.49. The van der Waals surface area contributed by atoms with Crippen LogP contribution < -0.4 is 4.90 Å². The van der Waals surface area contributed by atoms with Crippen molar-refractivity contribution in [3.05, 3.63) is 29.8 Å². The number of β-amino-alcohol motifs (C(OH)–C–C–N with tert-alkyl or cyclic N) is 1. The Hall–Kier alpha value is -1.88. The Morgan fingerprint density at radius 2 is 1.95 bits per heavy atom. The van der Waals surface area contributed by atoms with Crippen LogP contribution in [0.15, 0.2) is 24.3 Å². The summed E-state index contributed by atoms with van der Waals surface area (Å²) in [5.41, 5.74) is -1.16. The topological polar surface area (TPSA) is 77.8 Å². The minimum absolute atomic E-state index is 0.199. The summed E-state index contributed by atoms with van der Waals surface area (Å²) in [6, 6.07) is 7.24. The standard InChI is InChI=1S/C14H17NO4/c1-13(2)9-6-4-5-7-10(9)15(11(13)16)8-14(3,19)12(17)18/h4-7,19H,8H2,1-3H3,(H,17,18)/t14-/m1/s1. The smallest absolute Gasteiger partial charge is 0.337 e. The highest BCUT2D eigenvalue weighted by Gasteiger charge is 2.46. The SMILES string of the molecule is CC1(C)C(=O)N(C[C@@](C)(O)C(=O)O)c2ccccc21. The third-order valence-electron chi connectivity index (χ3n) is 3.57. The number of fused-ring (bicyclic) bond motifs is 1. The zero-order valence-corrected chi connectivity index (χ0v) is 11.2. The molecule has 0 radical (unpaired) electrons. The Morgan fingerprint density at radius 3 is 2.53 bits per heavy atom. The molecule has 0 saturated heterocycles. The number of para-hydroxylation sites is 1. The normalized spacial score (nSPS) is 20.0. The van der Waals surface area contributed by atoms with Gasteiger partial charge < -0.3 is 15.1 Å². The minimum atomic E-state index is -1.97. The summed E-state index contributed by atoms with van der Waals surface area (Å²) in [7, 11) is 0. The maximum atomic E-state index is 12.4. The number of aliphatic hydroxyl groups is 1. The number of hydrogen-bond donors (Lipinski definition) is 2. The average molecular weight is 263 g/mol. The molecule has 0 aromatic heterocycles. The van der Waals surface area contributed by atoms with E-state index in [-0.39, 0.29) is 12.5 Å². The Labute approximate surface area is 111 Å². The number of carbonyl (C=O) groups is 2. The van der Waals surface area contributed by atoms with Crippen molar-refractivity contribution in [1.82, 2.24) is 0 Å². The number of benzene rings is 1. The molecule has 0 aliphatic carbocycles.